The van der Waals surface area contributed by atoms with E-state index in [0.717, 1.165) is 19.4 Å². The number of aromatic amines is 2. The number of amides is 1. The van der Waals surface area contributed by atoms with Crippen molar-refractivity contribution in [2.45, 2.75) is 18.9 Å². The molecule has 9 nitrogen and oxygen atoms in total. The van der Waals surface area contributed by atoms with Crippen molar-refractivity contribution in [1.82, 2.24) is 25.3 Å². The van der Waals surface area contributed by atoms with E-state index in [1.54, 1.807) is 36.7 Å². The molecule has 1 aliphatic rings. The lowest BCUT2D eigenvalue weighted by atomic mass is 10.1. The van der Waals surface area contributed by atoms with E-state index in [0.29, 0.717) is 29.1 Å². The lowest BCUT2D eigenvalue weighted by Crippen LogP contribution is -2.48. The van der Waals surface area contributed by atoms with Crippen LogP contribution in [0.5, 0.6) is 0 Å². The van der Waals surface area contributed by atoms with Gasteiger partial charge in [0.2, 0.25) is 5.95 Å². The average Bonchev–Trinajstić information content (AvgIpc) is 2.69. The molecule has 0 bridgehead atoms. The maximum Gasteiger partial charge on any atom is 0.314 e. The Bertz CT molecular complexity index is 1090. The van der Waals surface area contributed by atoms with Gasteiger partial charge < -0.3 is 20.2 Å². The number of benzene rings is 1. The molecule has 9 heteroatoms. The van der Waals surface area contributed by atoms with Crippen LogP contribution in [0.25, 0.3) is 11.0 Å². The third kappa shape index (κ3) is 3.57. The predicted octanol–water partition coefficient (Wildman–Crippen LogP) is 0.405. The molecule has 1 aromatic carbocycles. The van der Waals surface area contributed by atoms with E-state index in [1.807, 2.05) is 0 Å². The Balaban J connectivity index is 1.50. The molecule has 0 unspecified atom stereocenters. The van der Waals surface area contributed by atoms with Crippen molar-refractivity contribution in [3.8, 4) is 0 Å². The number of anilines is 1. The van der Waals surface area contributed by atoms with Gasteiger partial charge in [-0.1, -0.05) is 0 Å². The number of rotatable bonds is 3. The lowest BCUT2D eigenvalue weighted by Gasteiger charge is -2.33. The number of aromatic nitrogens is 4. The first-order chi connectivity index (χ1) is 13.1. The molecule has 0 spiro atoms. The van der Waals surface area contributed by atoms with Gasteiger partial charge in [0, 0.05) is 37.1 Å². The Morgan fingerprint density at radius 1 is 1.11 bits per heavy atom. The van der Waals surface area contributed by atoms with Gasteiger partial charge >= 0.3 is 11.1 Å². The monoisotopic (exact) mass is 366 g/mol. The van der Waals surface area contributed by atoms with Crippen LogP contribution >= 0.6 is 0 Å². The van der Waals surface area contributed by atoms with E-state index < -0.39 is 11.1 Å². The largest absolute Gasteiger partial charge is 0.348 e. The van der Waals surface area contributed by atoms with Gasteiger partial charge in [0.15, 0.2) is 0 Å². The molecule has 2 aromatic heterocycles. The summed E-state index contributed by atoms with van der Waals surface area (Å²) in [5.74, 6) is 0.425. The number of nitrogens with zero attached hydrogens (tertiary/aromatic N) is 3. The van der Waals surface area contributed by atoms with Crippen LogP contribution < -0.4 is 21.3 Å². The third-order valence-electron chi connectivity index (χ3n) is 4.58. The summed E-state index contributed by atoms with van der Waals surface area (Å²) >= 11 is 0. The molecular weight excluding hydrogens is 348 g/mol. The van der Waals surface area contributed by atoms with Crippen LogP contribution in [0.3, 0.4) is 0 Å². The molecule has 4 rings (SSSR count). The number of carbonyl (C=O) groups is 1. The minimum Gasteiger partial charge on any atom is -0.348 e. The van der Waals surface area contributed by atoms with Gasteiger partial charge in [-0.05, 0) is 37.1 Å². The average molecular weight is 366 g/mol. The molecule has 3 heterocycles. The van der Waals surface area contributed by atoms with Crippen molar-refractivity contribution < 1.29 is 4.79 Å². The highest BCUT2D eigenvalue weighted by Gasteiger charge is 2.23. The third-order valence-corrected chi connectivity index (χ3v) is 4.58. The predicted molar refractivity (Wildman–Crippen MR) is 99.9 cm³/mol. The topological polar surface area (TPSA) is 124 Å². The summed E-state index contributed by atoms with van der Waals surface area (Å²) < 4.78 is 0. The molecule has 3 aromatic rings. The van der Waals surface area contributed by atoms with Gasteiger partial charge in [-0.3, -0.25) is 14.4 Å². The highest BCUT2D eigenvalue weighted by atomic mass is 16.2. The smallest absolute Gasteiger partial charge is 0.314 e. The second kappa shape index (κ2) is 7.02. The quantitative estimate of drug-likeness (QED) is 0.577. The van der Waals surface area contributed by atoms with E-state index in [-0.39, 0.29) is 11.9 Å². The number of hydrogen-bond acceptors (Lipinski definition) is 6. The summed E-state index contributed by atoms with van der Waals surface area (Å²) in [5, 5.41) is 3.03. The highest BCUT2D eigenvalue weighted by molar-refractivity contribution is 5.97. The van der Waals surface area contributed by atoms with Crippen molar-refractivity contribution >= 4 is 22.9 Å². The maximum absolute atomic E-state index is 12.6. The van der Waals surface area contributed by atoms with Crippen LogP contribution in [0.4, 0.5) is 5.95 Å². The Morgan fingerprint density at radius 2 is 1.85 bits per heavy atom. The second-order valence-electron chi connectivity index (χ2n) is 6.48. The molecule has 0 radical (unpaired) electrons. The number of carbonyl (C=O) groups excluding carboxylic acids is 1. The number of fused-ring (bicyclic) bond motifs is 1. The summed E-state index contributed by atoms with van der Waals surface area (Å²) in [4.78, 5) is 51.0. The fraction of sp³-hybridized carbons (Fsp3) is 0.278. The van der Waals surface area contributed by atoms with Crippen molar-refractivity contribution in [2.24, 2.45) is 0 Å². The lowest BCUT2D eigenvalue weighted by molar-refractivity contribution is 0.0933. The Hall–Kier alpha value is -3.49. The van der Waals surface area contributed by atoms with Gasteiger partial charge in [0.25, 0.3) is 5.91 Å². The molecule has 1 aliphatic heterocycles. The van der Waals surface area contributed by atoms with E-state index in [2.05, 4.69) is 30.2 Å². The fourth-order valence-corrected chi connectivity index (χ4v) is 3.26. The van der Waals surface area contributed by atoms with Crippen LogP contribution in [0.15, 0.2) is 46.2 Å². The van der Waals surface area contributed by atoms with Gasteiger partial charge in [-0.15, -0.1) is 0 Å². The molecular formula is C18H18N6O3. The van der Waals surface area contributed by atoms with Crippen molar-refractivity contribution in [1.29, 1.82) is 0 Å². The SMILES string of the molecule is O=C(N[C@H]1CCCN(c2ncccn2)C1)c1ccc2[nH]c(=O)c(=O)[nH]c2c1. The standard InChI is InChI=1S/C18H18N6O3/c25-15(11-4-5-13-14(9-11)23-17(27)16(26)22-13)21-12-3-1-8-24(10-12)18-19-6-2-7-20-18/h2,4-7,9,12H,1,3,8,10H2,(H,21,25)(H,22,26)(H,23,27)/t12-/m0/s1. The molecule has 0 saturated carbocycles. The van der Waals surface area contributed by atoms with E-state index in [9.17, 15) is 14.4 Å². The number of nitrogens with one attached hydrogen (secondary N) is 3. The first kappa shape index (κ1) is 17.0. The molecule has 3 N–H and O–H groups in total. The van der Waals surface area contributed by atoms with Crippen LogP contribution in [0, 0.1) is 0 Å². The number of hydrogen-bond donors (Lipinski definition) is 3. The van der Waals surface area contributed by atoms with Crippen LogP contribution in [-0.2, 0) is 0 Å². The Labute approximate surface area is 153 Å². The molecule has 138 valence electrons. The normalized spacial score (nSPS) is 17.0. The second-order valence-corrected chi connectivity index (χ2v) is 6.48. The van der Waals surface area contributed by atoms with Gasteiger partial charge in [0.1, 0.15) is 0 Å². The minimum atomic E-state index is -0.745. The molecule has 1 fully saturated rings. The number of H-pyrrole nitrogens is 2. The number of piperidine rings is 1. The van der Waals surface area contributed by atoms with Crippen LogP contribution in [0.1, 0.15) is 23.2 Å². The zero-order valence-electron chi connectivity index (χ0n) is 14.4. The molecule has 27 heavy (non-hydrogen) atoms. The minimum absolute atomic E-state index is 0.0274. The molecule has 1 saturated heterocycles. The van der Waals surface area contributed by atoms with E-state index >= 15 is 0 Å². The zero-order chi connectivity index (χ0) is 18.8. The molecule has 1 amide bonds. The van der Waals surface area contributed by atoms with Gasteiger partial charge in [0.05, 0.1) is 11.0 Å². The molecule has 1 atom stereocenters. The maximum atomic E-state index is 12.6. The fourth-order valence-electron chi connectivity index (χ4n) is 3.26. The first-order valence-corrected chi connectivity index (χ1v) is 8.69. The van der Waals surface area contributed by atoms with E-state index in [4.69, 9.17) is 0 Å². The summed E-state index contributed by atoms with van der Waals surface area (Å²) in [6, 6.07) is 6.52. The zero-order valence-corrected chi connectivity index (χ0v) is 14.4. The molecule has 0 aliphatic carbocycles. The van der Waals surface area contributed by atoms with Gasteiger partial charge in [-0.25, -0.2) is 9.97 Å². The highest BCUT2D eigenvalue weighted by Crippen LogP contribution is 2.16. The Morgan fingerprint density at radius 3 is 2.63 bits per heavy atom. The van der Waals surface area contributed by atoms with E-state index in [1.165, 1.54) is 0 Å². The van der Waals surface area contributed by atoms with Crippen LogP contribution in [0.2, 0.25) is 0 Å². The summed E-state index contributed by atoms with van der Waals surface area (Å²) in [6.45, 7) is 1.48. The Kier molecular flexibility index (Phi) is 4.41. The first-order valence-electron chi connectivity index (χ1n) is 8.69. The van der Waals surface area contributed by atoms with Gasteiger partial charge in [-0.2, -0.15) is 0 Å². The summed E-state index contributed by atoms with van der Waals surface area (Å²) in [5.41, 5.74) is -0.161. The van der Waals surface area contributed by atoms with Crippen molar-refractivity contribution in [2.75, 3.05) is 18.0 Å². The van der Waals surface area contributed by atoms with Crippen molar-refractivity contribution in [3.63, 3.8) is 0 Å². The summed E-state index contributed by atoms with van der Waals surface area (Å²) in [7, 11) is 0. The summed E-state index contributed by atoms with van der Waals surface area (Å²) in [6.07, 6.45) is 5.19. The van der Waals surface area contributed by atoms with Crippen molar-refractivity contribution in [3.05, 3.63) is 62.9 Å². The van der Waals surface area contributed by atoms with Crippen LogP contribution in [-0.4, -0.2) is 45.0 Å².